The lowest BCUT2D eigenvalue weighted by Crippen LogP contribution is -3.15. The maximum Gasteiger partial charge on any atom is 0.279 e. The first kappa shape index (κ1) is 19.8. The molecule has 0 saturated carbocycles. The molecule has 0 bridgehead atoms. The van der Waals surface area contributed by atoms with Gasteiger partial charge in [-0.3, -0.25) is 9.59 Å². The first-order chi connectivity index (χ1) is 13.5. The summed E-state index contributed by atoms with van der Waals surface area (Å²) in [6.45, 7) is 2.45. The van der Waals surface area contributed by atoms with Gasteiger partial charge < -0.3 is 19.9 Å². The quantitative estimate of drug-likeness (QED) is 0.764. The molecule has 3 rings (SSSR count). The Bertz CT molecular complexity index is 822. The van der Waals surface area contributed by atoms with Crippen molar-refractivity contribution in [1.82, 2.24) is 4.90 Å². The zero-order valence-electron chi connectivity index (χ0n) is 15.3. The smallest absolute Gasteiger partial charge is 0.279 e. The highest BCUT2D eigenvalue weighted by atomic mass is 19.1. The van der Waals surface area contributed by atoms with Crippen molar-refractivity contribution < 1.29 is 28.0 Å². The second-order valence-electron chi connectivity index (χ2n) is 6.61. The van der Waals surface area contributed by atoms with Crippen LogP contribution in [0.1, 0.15) is 0 Å². The average Bonchev–Trinajstić information content (AvgIpc) is 2.68. The summed E-state index contributed by atoms with van der Waals surface area (Å²) in [5.74, 6) is -0.781. The number of quaternary nitrogens is 1. The number of amides is 2. The van der Waals surface area contributed by atoms with E-state index in [1.165, 1.54) is 42.5 Å². The Labute approximate surface area is 161 Å². The van der Waals surface area contributed by atoms with E-state index in [4.69, 9.17) is 4.74 Å². The topological polar surface area (TPSA) is 63.1 Å². The molecule has 1 aliphatic rings. The largest absolute Gasteiger partial charge is 0.484 e. The molecule has 1 heterocycles. The van der Waals surface area contributed by atoms with Crippen molar-refractivity contribution in [2.24, 2.45) is 0 Å². The van der Waals surface area contributed by atoms with E-state index in [1.807, 2.05) is 0 Å². The standard InChI is InChI=1S/C20H21F2N3O3/c21-15-4-6-17(7-5-15)23-19(26)13-24-8-10-25(11-9-24)20(27)14-28-18-3-1-2-16(22)12-18/h1-7,12H,8-11,13-14H2,(H,23,26)/p+1. The Morgan fingerprint density at radius 2 is 1.75 bits per heavy atom. The maximum atomic E-state index is 13.1. The van der Waals surface area contributed by atoms with Crippen LogP contribution in [0, 0.1) is 11.6 Å². The summed E-state index contributed by atoms with van der Waals surface area (Å²) in [5, 5.41) is 2.74. The summed E-state index contributed by atoms with van der Waals surface area (Å²) in [5.41, 5.74) is 0.550. The second-order valence-corrected chi connectivity index (χ2v) is 6.61. The van der Waals surface area contributed by atoms with E-state index >= 15 is 0 Å². The Balaban J connectivity index is 1.39. The summed E-state index contributed by atoms with van der Waals surface area (Å²) in [4.78, 5) is 27.1. The SMILES string of the molecule is O=C(C[NH+]1CCN(C(=O)COc2cccc(F)c2)CC1)Nc1ccc(F)cc1. The normalized spacial score (nSPS) is 14.6. The number of piperazine rings is 1. The fraction of sp³-hybridized carbons (Fsp3) is 0.300. The number of nitrogens with one attached hydrogen (secondary N) is 2. The van der Waals surface area contributed by atoms with Gasteiger partial charge in [-0.1, -0.05) is 6.07 Å². The van der Waals surface area contributed by atoms with Crippen LogP contribution in [-0.2, 0) is 9.59 Å². The van der Waals surface area contributed by atoms with Gasteiger partial charge in [0.25, 0.3) is 11.8 Å². The summed E-state index contributed by atoms with van der Waals surface area (Å²) in [7, 11) is 0. The van der Waals surface area contributed by atoms with Crippen LogP contribution in [-0.4, -0.2) is 56.0 Å². The molecule has 6 nitrogen and oxygen atoms in total. The van der Waals surface area contributed by atoms with Crippen LogP contribution in [0.4, 0.5) is 14.5 Å². The van der Waals surface area contributed by atoms with Gasteiger partial charge >= 0.3 is 0 Å². The van der Waals surface area contributed by atoms with Crippen LogP contribution in [0.3, 0.4) is 0 Å². The molecule has 0 spiro atoms. The highest BCUT2D eigenvalue weighted by Gasteiger charge is 2.25. The van der Waals surface area contributed by atoms with E-state index in [1.54, 1.807) is 11.0 Å². The van der Waals surface area contributed by atoms with Crippen molar-refractivity contribution in [3.8, 4) is 5.75 Å². The average molecular weight is 390 g/mol. The lowest BCUT2D eigenvalue weighted by Gasteiger charge is -2.31. The predicted octanol–water partition coefficient (Wildman–Crippen LogP) is 0.709. The fourth-order valence-electron chi connectivity index (χ4n) is 3.01. The van der Waals surface area contributed by atoms with Crippen LogP contribution >= 0.6 is 0 Å². The number of carbonyl (C=O) groups excluding carboxylic acids is 2. The van der Waals surface area contributed by atoms with Gasteiger partial charge in [-0.15, -0.1) is 0 Å². The van der Waals surface area contributed by atoms with Crippen molar-refractivity contribution in [2.75, 3.05) is 44.6 Å². The molecule has 0 aliphatic carbocycles. The molecule has 0 radical (unpaired) electrons. The zero-order valence-corrected chi connectivity index (χ0v) is 15.3. The fourth-order valence-corrected chi connectivity index (χ4v) is 3.01. The van der Waals surface area contributed by atoms with E-state index in [2.05, 4.69) is 5.32 Å². The van der Waals surface area contributed by atoms with Gasteiger partial charge in [0.2, 0.25) is 0 Å². The van der Waals surface area contributed by atoms with Gasteiger partial charge in [-0.2, -0.15) is 0 Å². The van der Waals surface area contributed by atoms with Gasteiger partial charge in [0.1, 0.15) is 17.4 Å². The highest BCUT2D eigenvalue weighted by molar-refractivity contribution is 5.91. The molecule has 0 atom stereocenters. The molecule has 2 aromatic carbocycles. The van der Waals surface area contributed by atoms with Crippen LogP contribution in [0.2, 0.25) is 0 Å². The molecule has 28 heavy (non-hydrogen) atoms. The number of anilines is 1. The summed E-state index contributed by atoms with van der Waals surface area (Å²) in [6.07, 6.45) is 0. The lowest BCUT2D eigenvalue weighted by molar-refractivity contribution is -0.895. The number of benzene rings is 2. The van der Waals surface area contributed by atoms with Gasteiger partial charge in [0, 0.05) is 11.8 Å². The minimum absolute atomic E-state index is 0.149. The molecule has 8 heteroatoms. The number of rotatable bonds is 6. The van der Waals surface area contributed by atoms with Crippen molar-refractivity contribution in [3.63, 3.8) is 0 Å². The number of ether oxygens (including phenoxy) is 1. The molecule has 0 unspecified atom stereocenters. The number of hydrogen-bond acceptors (Lipinski definition) is 3. The predicted molar refractivity (Wildman–Crippen MR) is 99.1 cm³/mol. The van der Waals surface area contributed by atoms with Crippen LogP contribution < -0.4 is 15.0 Å². The molecule has 1 saturated heterocycles. The molecule has 1 fully saturated rings. The zero-order chi connectivity index (χ0) is 19.9. The first-order valence-corrected chi connectivity index (χ1v) is 9.05. The van der Waals surface area contributed by atoms with Crippen molar-refractivity contribution in [2.45, 2.75) is 0 Å². The first-order valence-electron chi connectivity index (χ1n) is 9.05. The third-order valence-corrected chi connectivity index (χ3v) is 4.52. The van der Waals surface area contributed by atoms with E-state index in [0.29, 0.717) is 37.6 Å². The third-order valence-electron chi connectivity index (χ3n) is 4.52. The Morgan fingerprint density at radius 3 is 2.43 bits per heavy atom. The summed E-state index contributed by atoms with van der Waals surface area (Å²) in [6, 6.07) is 11.3. The summed E-state index contributed by atoms with van der Waals surface area (Å²) < 4.78 is 31.4. The molecular formula is C20H22F2N3O3+. The number of carbonyl (C=O) groups is 2. The molecular weight excluding hydrogens is 368 g/mol. The maximum absolute atomic E-state index is 13.1. The molecule has 148 valence electrons. The second kappa shape index (κ2) is 9.27. The molecule has 2 N–H and O–H groups in total. The van der Waals surface area contributed by atoms with Crippen LogP contribution in [0.15, 0.2) is 48.5 Å². The minimum Gasteiger partial charge on any atom is -0.484 e. The van der Waals surface area contributed by atoms with Gasteiger partial charge in [-0.25, -0.2) is 8.78 Å². The Morgan fingerprint density at radius 1 is 1.04 bits per heavy atom. The third kappa shape index (κ3) is 5.75. The van der Waals surface area contributed by atoms with E-state index < -0.39 is 5.82 Å². The number of nitrogens with zero attached hydrogens (tertiary/aromatic N) is 1. The van der Waals surface area contributed by atoms with Gasteiger partial charge in [0.05, 0.1) is 26.2 Å². The molecule has 2 aromatic rings. The lowest BCUT2D eigenvalue weighted by atomic mass is 10.3. The molecule has 1 aliphatic heterocycles. The Kier molecular flexibility index (Phi) is 6.54. The molecule has 2 amide bonds. The molecule has 0 aromatic heterocycles. The summed E-state index contributed by atoms with van der Waals surface area (Å²) >= 11 is 0. The van der Waals surface area contributed by atoms with Crippen molar-refractivity contribution >= 4 is 17.5 Å². The van der Waals surface area contributed by atoms with E-state index in [-0.39, 0.29) is 30.8 Å². The van der Waals surface area contributed by atoms with E-state index in [9.17, 15) is 18.4 Å². The number of hydrogen-bond donors (Lipinski definition) is 2. The monoisotopic (exact) mass is 390 g/mol. The highest BCUT2D eigenvalue weighted by Crippen LogP contribution is 2.12. The van der Waals surface area contributed by atoms with E-state index in [0.717, 1.165) is 4.90 Å². The minimum atomic E-state index is -0.416. The van der Waals surface area contributed by atoms with Crippen LogP contribution in [0.25, 0.3) is 0 Å². The van der Waals surface area contributed by atoms with Gasteiger partial charge in [-0.05, 0) is 36.4 Å². The Hall–Kier alpha value is -3.00. The van der Waals surface area contributed by atoms with Crippen molar-refractivity contribution in [3.05, 3.63) is 60.2 Å². The van der Waals surface area contributed by atoms with Gasteiger partial charge in [0.15, 0.2) is 13.2 Å². The van der Waals surface area contributed by atoms with Crippen molar-refractivity contribution in [1.29, 1.82) is 0 Å². The number of halogens is 2. The van der Waals surface area contributed by atoms with Crippen LogP contribution in [0.5, 0.6) is 5.75 Å².